The van der Waals surface area contributed by atoms with E-state index in [4.69, 9.17) is 12.2 Å². The van der Waals surface area contributed by atoms with Crippen molar-refractivity contribution in [1.82, 2.24) is 19.5 Å². The molecule has 0 aliphatic rings. The van der Waals surface area contributed by atoms with Gasteiger partial charge in [-0.25, -0.2) is 4.98 Å². The van der Waals surface area contributed by atoms with Crippen molar-refractivity contribution >= 4 is 23.3 Å². The first-order valence-corrected chi connectivity index (χ1v) is 8.35. The van der Waals surface area contributed by atoms with E-state index >= 15 is 0 Å². The minimum absolute atomic E-state index is 0.126. The molecule has 0 saturated heterocycles. The number of H-pyrrole nitrogens is 1. The monoisotopic (exact) mass is 362 g/mol. The van der Waals surface area contributed by atoms with Crippen molar-refractivity contribution in [3.8, 4) is 17.0 Å². The molecule has 128 valence electrons. The number of nitrogens with one attached hydrogen (secondary N) is 1. The van der Waals surface area contributed by atoms with E-state index in [0.29, 0.717) is 28.8 Å². The maximum atomic E-state index is 12.3. The minimum atomic E-state index is -0.288. The van der Waals surface area contributed by atoms with E-state index in [9.17, 15) is 9.90 Å². The van der Waals surface area contributed by atoms with E-state index in [0.717, 1.165) is 5.56 Å². The summed E-state index contributed by atoms with van der Waals surface area (Å²) in [6.07, 6.45) is 3.44. The molecule has 0 bridgehead atoms. The molecular formula is C19H14N4O2S. The molecule has 0 spiro atoms. The van der Waals surface area contributed by atoms with Gasteiger partial charge in [-0.1, -0.05) is 18.2 Å². The highest BCUT2D eigenvalue weighted by atomic mass is 32.1. The summed E-state index contributed by atoms with van der Waals surface area (Å²) < 4.78 is 2.04. The van der Waals surface area contributed by atoms with Crippen LogP contribution in [-0.4, -0.2) is 24.6 Å². The average Bonchev–Trinajstić information content (AvgIpc) is 2.66. The van der Waals surface area contributed by atoms with Crippen molar-refractivity contribution in [1.29, 1.82) is 0 Å². The van der Waals surface area contributed by atoms with Gasteiger partial charge in [0.2, 0.25) is 0 Å². The molecule has 26 heavy (non-hydrogen) atoms. The summed E-state index contributed by atoms with van der Waals surface area (Å²) in [6.45, 7) is 0.428. The average molecular weight is 362 g/mol. The van der Waals surface area contributed by atoms with Crippen molar-refractivity contribution < 1.29 is 5.11 Å². The van der Waals surface area contributed by atoms with Crippen LogP contribution in [0.5, 0.6) is 5.75 Å². The Labute approximate surface area is 153 Å². The molecule has 4 aromatic rings. The summed E-state index contributed by atoms with van der Waals surface area (Å²) in [5.74, 6) is 0.126. The van der Waals surface area contributed by atoms with E-state index in [1.165, 1.54) is 0 Å². The Morgan fingerprint density at radius 2 is 1.96 bits per heavy atom. The molecule has 0 amide bonds. The smallest absolute Gasteiger partial charge is 0.261 e. The summed E-state index contributed by atoms with van der Waals surface area (Å²) in [5, 5.41) is 10.5. The van der Waals surface area contributed by atoms with Crippen LogP contribution in [0, 0.1) is 4.77 Å². The third kappa shape index (κ3) is 2.89. The van der Waals surface area contributed by atoms with Gasteiger partial charge in [0.15, 0.2) is 4.77 Å². The number of hydrogen-bond donors (Lipinski definition) is 2. The van der Waals surface area contributed by atoms with Crippen LogP contribution in [-0.2, 0) is 6.54 Å². The second-order valence-corrected chi connectivity index (χ2v) is 6.18. The molecule has 3 aromatic heterocycles. The van der Waals surface area contributed by atoms with Crippen molar-refractivity contribution in [3.05, 3.63) is 81.6 Å². The first kappa shape index (κ1) is 16.2. The zero-order chi connectivity index (χ0) is 18.1. The highest BCUT2D eigenvalue weighted by Crippen LogP contribution is 2.28. The molecule has 0 atom stereocenters. The molecule has 6 nitrogen and oxygen atoms in total. The van der Waals surface area contributed by atoms with Crippen LogP contribution >= 0.6 is 12.2 Å². The fraction of sp³-hybridized carbons (Fsp3) is 0.0526. The number of para-hydroxylation sites is 1. The third-order valence-electron chi connectivity index (χ3n) is 4.08. The normalized spacial score (nSPS) is 10.9. The van der Waals surface area contributed by atoms with Gasteiger partial charge in [0.1, 0.15) is 11.4 Å². The lowest BCUT2D eigenvalue weighted by molar-refractivity contribution is 0.477. The molecule has 0 saturated carbocycles. The van der Waals surface area contributed by atoms with Gasteiger partial charge in [-0.05, 0) is 48.1 Å². The quantitative estimate of drug-likeness (QED) is 0.547. The first-order valence-electron chi connectivity index (χ1n) is 7.94. The fourth-order valence-corrected chi connectivity index (χ4v) is 3.06. The minimum Gasteiger partial charge on any atom is -0.507 e. The fourth-order valence-electron chi connectivity index (χ4n) is 2.82. The molecule has 0 aliphatic carbocycles. The Morgan fingerprint density at radius 3 is 2.73 bits per heavy atom. The Kier molecular flexibility index (Phi) is 4.06. The van der Waals surface area contributed by atoms with Crippen molar-refractivity contribution in [2.75, 3.05) is 0 Å². The number of aromatic nitrogens is 4. The van der Waals surface area contributed by atoms with Crippen LogP contribution in [0.4, 0.5) is 0 Å². The molecule has 3 heterocycles. The van der Waals surface area contributed by atoms with Gasteiger partial charge < -0.3 is 5.11 Å². The number of phenolic OH excluding ortho intramolecular Hbond substituents is 1. The Bertz CT molecular complexity index is 1220. The van der Waals surface area contributed by atoms with Gasteiger partial charge in [0.05, 0.1) is 17.6 Å². The number of benzene rings is 1. The van der Waals surface area contributed by atoms with Gasteiger partial charge in [-0.2, -0.15) is 0 Å². The lowest BCUT2D eigenvalue weighted by Crippen LogP contribution is -2.16. The van der Waals surface area contributed by atoms with Crippen LogP contribution in [0.25, 0.3) is 22.3 Å². The third-order valence-corrected chi connectivity index (χ3v) is 4.41. The van der Waals surface area contributed by atoms with Gasteiger partial charge >= 0.3 is 0 Å². The summed E-state index contributed by atoms with van der Waals surface area (Å²) in [4.78, 5) is 23.7. The number of phenols is 1. The van der Waals surface area contributed by atoms with E-state index in [1.807, 2.05) is 18.2 Å². The number of fused-ring (bicyclic) bond motifs is 1. The van der Waals surface area contributed by atoms with Crippen LogP contribution in [0.15, 0.2) is 65.7 Å². The molecule has 0 unspecified atom stereocenters. The summed E-state index contributed by atoms with van der Waals surface area (Å²) in [7, 11) is 0. The first-order chi connectivity index (χ1) is 12.6. The zero-order valence-corrected chi connectivity index (χ0v) is 14.4. The Balaban J connectivity index is 1.96. The predicted molar refractivity (Wildman–Crippen MR) is 102 cm³/mol. The second kappa shape index (κ2) is 6.53. The summed E-state index contributed by atoms with van der Waals surface area (Å²) in [6, 6.07) is 14.1. The van der Waals surface area contributed by atoms with E-state index in [1.54, 1.807) is 47.3 Å². The Morgan fingerprint density at radius 1 is 1.12 bits per heavy atom. The van der Waals surface area contributed by atoms with Crippen molar-refractivity contribution in [2.45, 2.75) is 6.54 Å². The molecular weight excluding hydrogens is 348 g/mol. The highest BCUT2D eigenvalue weighted by Gasteiger charge is 2.11. The van der Waals surface area contributed by atoms with Crippen LogP contribution in [0.1, 0.15) is 5.56 Å². The number of hydrogen-bond acceptors (Lipinski definition) is 5. The molecule has 0 fully saturated rings. The Hall–Kier alpha value is -3.32. The number of aromatic amines is 1. The maximum Gasteiger partial charge on any atom is 0.261 e. The highest BCUT2D eigenvalue weighted by molar-refractivity contribution is 7.71. The molecule has 0 aliphatic heterocycles. The van der Waals surface area contributed by atoms with E-state index < -0.39 is 0 Å². The van der Waals surface area contributed by atoms with Crippen LogP contribution < -0.4 is 5.56 Å². The molecule has 2 N–H and O–H groups in total. The predicted octanol–water partition coefficient (Wildman–Crippen LogP) is 3.27. The summed E-state index contributed by atoms with van der Waals surface area (Å²) >= 11 is 5.35. The lowest BCUT2D eigenvalue weighted by Gasteiger charge is -2.12. The largest absolute Gasteiger partial charge is 0.507 e. The van der Waals surface area contributed by atoms with Crippen LogP contribution in [0.3, 0.4) is 0 Å². The second-order valence-electron chi connectivity index (χ2n) is 5.79. The SMILES string of the molecule is O=c1[nH]c(=S)n(Cc2cccnc2)c2nc(-c3ccccc3O)ccc12. The van der Waals surface area contributed by atoms with Crippen molar-refractivity contribution in [2.24, 2.45) is 0 Å². The van der Waals surface area contributed by atoms with Crippen LogP contribution in [0.2, 0.25) is 0 Å². The summed E-state index contributed by atoms with van der Waals surface area (Å²) in [5.41, 5.74) is 2.27. The zero-order valence-electron chi connectivity index (χ0n) is 13.6. The number of aromatic hydroxyl groups is 1. The van der Waals surface area contributed by atoms with Gasteiger partial charge in [0, 0.05) is 18.0 Å². The molecule has 4 rings (SSSR count). The molecule has 1 aromatic carbocycles. The van der Waals surface area contributed by atoms with Gasteiger partial charge in [-0.3, -0.25) is 19.3 Å². The maximum absolute atomic E-state index is 12.3. The van der Waals surface area contributed by atoms with E-state index in [2.05, 4.69) is 15.0 Å². The van der Waals surface area contributed by atoms with E-state index in [-0.39, 0.29) is 16.1 Å². The van der Waals surface area contributed by atoms with Crippen molar-refractivity contribution in [3.63, 3.8) is 0 Å². The lowest BCUT2D eigenvalue weighted by atomic mass is 10.1. The number of pyridine rings is 2. The van der Waals surface area contributed by atoms with Gasteiger partial charge in [-0.15, -0.1) is 0 Å². The standard InChI is InChI=1S/C19H14N4O2S/c24-16-6-2-1-5-13(16)15-8-7-14-17(21-15)23(19(26)22-18(14)25)11-12-4-3-9-20-10-12/h1-10,24H,11H2,(H,22,25,26). The number of rotatable bonds is 3. The molecule has 7 heteroatoms. The molecule has 0 radical (unpaired) electrons. The van der Waals surface area contributed by atoms with Gasteiger partial charge in [0.25, 0.3) is 5.56 Å². The topological polar surface area (TPSA) is 83.8 Å². The number of nitrogens with zero attached hydrogens (tertiary/aromatic N) is 3.